The molecule has 0 spiro atoms. The molecule has 1 saturated heterocycles. The van der Waals surface area contributed by atoms with Crippen molar-refractivity contribution in [2.24, 2.45) is 0 Å². The van der Waals surface area contributed by atoms with Gasteiger partial charge in [0.25, 0.3) is 0 Å². The minimum Gasteiger partial charge on any atom is -0.356 e. The van der Waals surface area contributed by atoms with Gasteiger partial charge < -0.3 is 4.74 Å². The van der Waals surface area contributed by atoms with E-state index in [0.29, 0.717) is 0 Å². The lowest BCUT2D eigenvalue weighted by molar-refractivity contribution is -0.0383. The first-order valence-electron chi connectivity index (χ1n) is 6.26. The minimum atomic E-state index is 0.0417. The number of hydrogen-bond acceptors (Lipinski definition) is 2. The van der Waals surface area contributed by atoms with E-state index in [1.54, 1.807) is 6.20 Å². The number of nitrogens with zero attached hydrogens (tertiary/aromatic N) is 2. The molecule has 1 atom stereocenters. The summed E-state index contributed by atoms with van der Waals surface area (Å²) in [5.74, 6) is 0. The Morgan fingerprint density at radius 3 is 2.89 bits per heavy atom. The fraction of sp³-hybridized carbons (Fsp3) is 0.357. The van der Waals surface area contributed by atoms with E-state index >= 15 is 0 Å². The molecular weight excluding hydrogens is 248 g/mol. The number of rotatable bonds is 2. The molecule has 2 heterocycles. The molecule has 1 aromatic heterocycles. The second-order valence-electron chi connectivity index (χ2n) is 4.46. The monoisotopic (exact) mass is 262 g/mol. The molecule has 0 N–H and O–H groups in total. The molecule has 18 heavy (non-hydrogen) atoms. The summed E-state index contributed by atoms with van der Waals surface area (Å²) in [5, 5.41) is 5.14. The van der Waals surface area contributed by atoms with Crippen molar-refractivity contribution in [3.05, 3.63) is 41.6 Å². The van der Waals surface area contributed by atoms with Crippen molar-refractivity contribution < 1.29 is 4.74 Å². The van der Waals surface area contributed by atoms with Crippen LogP contribution in [0.3, 0.4) is 0 Å². The lowest BCUT2D eigenvalue weighted by Crippen LogP contribution is -2.19. The van der Waals surface area contributed by atoms with Gasteiger partial charge >= 0.3 is 0 Å². The molecule has 3 nitrogen and oxygen atoms in total. The van der Waals surface area contributed by atoms with Gasteiger partial charge in [-0.15, -0.1) is 0 Å². The van der Waals surface area contributed by atoms with Crippen molar-refractivity contribution >= 4 is 11.6 Å². The Balaban J connectivity index is 1.98. The van der Waals surface area contributed by atoms with Crippen molar-refractivity contribution in [2.75, 3.05) is 6.61 Å². The Kier molecular flexibility index (Phi) is 3.35. The van der Waals surface area contributed by atoms with E-state index < -0.39 is 0 Å². The maximum absolute atomic E-state index is 6.24. The van der Waals surface area contributed by atoms with E-state index in [2.05, 4.69) is 5.10 Å². The molecule has 1 aliphatic rings. The second-order valence-corrected chi connectivity index (χ2v) is 4.87. The van der Waals surface area contributed by atoms with Crippen LogP contribution in [0.5, 0.6) is 0 Å². The van der Waals surface area contributed by atoms with Gasteiger partial charge in [-0.05, 0) is 31.4 Å². The molecule has 3 rings (SSSR count). The summed E-state index contributed by atoms with van der Waals surface area (Å²) in [6, 6.07) is 9.82. The topological polar surface area (TPSA) is 27.1 Å². The standard InChI is InChI=1S/C14H15ClN2O/c15-12-6-2-1-5-11(12)13-8-9-16-17(13)14-7-3-4-10-18-14/h1-2,5-6,8-9,14H,3-4,7,10H2. The summed E-state index contributed by atoms with van der Waals surface area (Å²) < 4.78 is 7.73. The molecule has 1 unspecified atom stereocenters. The zero-order valence-electron chi connectivity index (χ0n) is 10.1. The number of halogens is 1. The maximum atomic E-state index is 6.24. The average Bonchev–Trinajstić information content (AvgIpc) is 2.89. The average molecular weight is 263 g/mol. The van der Waals surface area contributed by atoms with Crippen LogP contribution in [0, 0.1) is 0 Å². The molecule has 0 saturated carbocycles. The molecule has 1 aliphatic heterocycles. The van der Waals surface area contributed by atoms with E-state index in [1.165, 1.54) is 6.42 Å². The van der Waals surface area contributed by atoms with Crippen LogP contribution in [-0.2, 0) is 4.74 Å². The largest absolute Gasteiger partial charge is 0.356 e. The summed E-state index contributed by atoms with van der Waals surface area (Å²) >= 11 is 6.24. The lowest BCUT2D eigenvalue weighted by Gasteiger charge is -2.24. The Morgan fingerprint density at radius 1 is 1.22 bits per heavy atom. The third kappa shape index (κ3) is 2.16. The predicted octanol–water partition coefficient (Wildman–Crippen LogP) is 3.90. The molecule has 0 aliphatic carbocycles. The first-order chi connectivity index (χ1) is 8.86. The predicted molar refractivity (Wildman–Crippen MR) is 71.5 cm³/mol. The molecule has 94 valence electrons. The Bertz CT molecular complexity index is 532. The highest BCUT2D eigenvalue weighted by atomic mass is 35.5. The van der Waals surface area contributed by atoms with Gasteiger partial charge in [-0.2, -0.15) is 5.10 Å². The minimum absolute atomic E-state index is 0.0417. The van der Waals surface area contributed by atoms with Crippen LogP contribution >= 0.6 is 11.6 Å². The number of aromatic nitrogens is 2. The Morgan fingerprint density at radius 2 is 2.11 bits per heavy atom. The van der Waals surface area contributed by atoms with E-state index in [4.69, 9.17) is 16.3 Å². The van der Waals surface area contributed by atoms with Crippen LogP contribution in [0.15, 0.2) is 36.5 Å². The normalized spacial score (nSPS) is 19.9. The van der Waals surface area contributed by atoms with E-state index in [1.807, 2.05) is 35.0 Å². The molecule has 0 amide bonds. The molecular formula is C14H15ClN2O. The molecule has 1 fully saturated rings. The van der Waals surface area contributed by atoms with Crippen LogP contribution in [0.2, 0.25) is 5.02 Å². The van der Waals surface area contributed by atoms with E-state index in [0.717, 1.165) is 35.7 Å². The van der Waals surface area contributed by atoms with Crippen molar-refractivity contribution in [2.45, 2.75) is 25.5 Å². The fourth-order valence-corrected chi connectivity index (χ4v) is 2.58. The van der Waals surface area contributed by atoms with Gasteiger partial charge in [0.1, 0.15) is 0 Å². The highest BCUT2D eigenvalue weighted by Gasteiger charge is 2.20. The van der Waals surface area contributed by atoms with Crippen molar-refractivity contribution in [1.29, 1.82) is 0 Å². The van der Waals surface area contributed by atoms with Crippen molar-refractivity contribution in [1.82, 2.24) is 9.78 Å². The maximum Gasteiger partial charge on any atom is 0.150 e. The Hall–Kier alpha value is -1.32. The van der Waals surface area contributed by atoms with Gasteiger partial charge in [0.05, 0.1) is 5.69 Å². The van der Waals surface area contributed by atoms with Crippen LogP contribution < -0.4 is 0 Å². The number of hydrogen-bond donors (Lipinski definition) is 0. The summed E-state index contributed by atoms with van der Waals surface area (Å²) in [5.41, 5.74) is 2.03. The van der Waals surface area contributed by atoms with Gasteiger partial charge in [-0.1, -0.05) is 29.8 Å². The zero-order valence-corrected chi connectivity index (χ0v) is 10.8. The zero-order chi connectivity index (χ0) is 12.4. The highest BCUT2D eigenvalue weighted by molar-refractivity contribution is 6.33. The summed E-state index contributed by atoms with van der Waals surface area (Å²) in [6.07, 6.45) is 5.18. The van der Waals surface area contributed by atoms with Crippen LogP contribution in [0.25, 0.3) is 11.3 Å². The highest BCUT2D eigenvalue weighted by Crippen LogP contribution is 2.31. The quantitative estimate of drug-likeness (QED) is 0.821. The van der Waals surface area contributed by atoms with Crippen LogP contribution in [0.1, 0.15) is 25.5 Å². The lowest BCUT2D eigenvalue weighted by atomic mass is 10.1. The third-order valence-corrected chi connectivity index (χ3v) is 3.58. The van der Waals surface area contributed by atoms with E-state index in [9.17, 15) is 0 Å². The summed E-state index contributed by atoms with van der Waals surface area (Å²) in [7, 11) is 0. The number of benzene rings is 1. The van der Waals surface area contributed by atoms with Crippen molar-refractivity contribution in [3.63, 3.8) is 0 Å². The van der Waals surface area contributed by atoms with Crippen LogP contribution in [-0.4, -0.2) is 16.4 Å². The first kappa shape index (κ1) is 11.8. The van der Waals surface area contributed by atoms with Gasteiger partial charge in [0, 0.05) is 23.4 Å². The van der Waals surface area contributed by atoms with Gasteiger partial charge in [0.2, 0.25) is 0 Å². The first-order valence-corrected chi connectivity index (χ1v) is 6.64. The van der Waals surface area contributed by atoms with Gasteiger partial charge in [0.15, 0.2) is 6.23 Å². The SMILES string of the molecule is Clc1ccccc1-c1ccnn1C1CCCCO1. The van der Waals surface area contributed by atoms with Crippen molar-refractivity contribution in [3.8, 4) is 11.3 Å². The summed E-state index contributed by atoms with van der Waals surface area (Å²) in [4.78, 5) is 0. The molecule has 2 aromatic rings. The van der Waals surface area contributed by atoms with Gasteiger partial charge in [-0.25, -0.2) is 4.68 Å². The fourth-order valence-electron chi connectivity index (χ4n) is 2.34. The molecule has 4 heteroatoms. The van der Waals surface area contributed by atoms with Crippen LogP contribution in [0.4, 0.5) is 0 Å². The molecule has 1 aromatic carbocycles. The third-order valence-electron chi connectivity index (χ3n) is 3.25. The van der Waals surface area contributed by atoms with Gasteiger partial charge in [-0.3, -0.25) is 0 Å². The second kappa shape index (κ2) is 5.12. The smallest absolute Gasteiger partial charge is 0.150 e. The molecule has 0 radical (unpaired) electrons. The summed E-state index contributed by atoms with van der Waals surface area (Å²) in [6.45, 7) is 0.812. The molecule has 0 bridgehead atoms. The Labute approximate surface area is 111 Å². The number of ether oxygens (including phenoxy) is 1. The van der Waals surface area contributed by atoms with E-state index in [-0.39, 0.29) is 6.23 Å².